The van der Waals surface area contributed by atoms with E-state index in [4.69, 9.17) is 0 Å². The van der Waals surface area contributed by atoms with Crippen LogP contribution in [0.25, 0.3) is 0 Å². The minimum Gasteiger partial charge on any atom is -0.374 e. The van der Waals surface area contributed by atoms with Crippen molar-refractivity contribution in [3.63, 3.8) is 0 Å². The maximum absolute atomic E-state index is 11.2. The monoisotopic (exact) mass is 325 g/mol. The minimum absolute atomic E-state index is 0.0530. The second-order valence-corrected chi connectivity index (χ2v) is 5.51. The highest BCUT2D eigenvalue weighted by atomic mass is 79.9. The van der Waals surface area contributed by atoms with Gasteiger partial charge < -0.3 is 10.4 Å². The van der Waals surface area contributed by atoms with Gasteiger partial charge in [0.1, 0.15) is 6.23 Å². The minimum atomic E-state index is -0.618. The molecular formula is C13H16BrN3O2. The molecule has 1 heterocycles. The van der Waals surface area contributed by atoms with Crippen molar-refractivity contribution in [3.8, 4) is 0 Å². The molecule has 1 amide bonds. The molecule has 0 fully saturated rings. The van der Waals surface area contributed by atoms with E-state index in [1.54, 1.807) is 6.92 Å². The van der Waals surface area contributed by atoms with Gasteiger partial charge in [-0.25, -0.2) is 5.43 Å². The van der Waals surface area contributed by atoms with Crippen molar-refractivity contribution in [2.45, 2.75) is 26.5 Å². The molecular weight excluding hydrogens is 310 g/mol. The van der Waals surface area contributed by atoms with Crippen LogP contribution in [-0.2, 0) is 4.79 Å². The second kappa shape index (κ2) is 5.71. The molecule has 0 aliphatic carbocycles. The van der Waals surface area contributed by atoms with Crippen molar-refractivity contribution >= 4 is 33.2 Å². The Kier molecular flexibility index (Phi) is 4.21. The van der Waals surface area contributed by atoms with Gasteiger partial charge in [-0.1, -0.05) is 13.0 Å². The van der Waals surface area contributed by atoms with Gasteiger partial charge in [-0.05, 0) is 40.5 Å². The van der Waals surface area contributed by atoms with Crippen LogP contribution in [0, 0.1) is 5.92 Å². The van der Waals surface area contributed by atoms with Gasteiger partial charge >= 0.3 is 0 Å². The fourth-order valence-corrected chi connectivity index (χ4v) is 2.51. The summed E-state index contributed by atoms with van der Waals surface area (Å²) in [5.74, 6) is 0.0407. The Bertz CT molecular complexity index is 529. The van der Waals surface area contributed by atoms with E-state index in [1.165, 1.54) is 0 Å². The summed E-state index contributed by atoms with van der Waals surface area (Å²) in [7, 11) is 0. The molecule has 0 aromatic heterocycles. The molecule has 102 valence electrons. The lowest BCUT2D eigenvalue weighted by Gasteiger charge is -2.20. The average Bonchev–Trinajstić information content (AvgIpc) is 2.31. The standard InChI is InChI=1S/C13H16BrN3O2/c1-7-5-12(19)16-17-13(7)9-3-4-11(10(14)6-9)15-8(2)18/h3-4,6-8,15,18H,5H2,1-2H3,(H,16,19)/t7-,8?/m1/s1. The molecule has 1 aromatic carbocycles. The van der Waals surface area contributed by atoms with E-state index < -0.39 is 6.23 Å². The number of carbonyl (C=O) groups is 1. The number of nitrogens with zero attached hydrogens (tertiary/aromatic N) is 1. The molecule has 0 saturated heterocycles. The summed E-state index contributed by atoms with van der Waals surface area (Å²) in [5, 5.41) is 16.4. The predicted molar refractivity (Wildman–Crippen MR) is 77.9 cm³/mol. The highest BCUT2D eigenvalue weighted by molar-refractivity contribution is 9.10. The number of benzene rings is 1. The van der Waals surface area contributed by atoms with E-state index in [-0.39, 0.29) is 11.8 Å². The summed E-state index contributed by atoms with van der Waals surface area (Å²) in [6, 6.07) is 5.72. The van der Waals surface area contributed by atoms with Crippen molar-refractivity contribution in [3.05, 3.63) is 28.2 Å². The molecule has 1 aliphatic heterocycles. The zero-order chi connectivity index (χ0) is 14.0. The molecule has 1 unspecified atom stereocenters. The summed E-state index contributed by atoms with van der Waals surface area (Å²) in [6.07, 6.45) is -0.170. The van der Waals surface area contributed by atoms with Crippen LogP contribution < -0.4 is 10.7 Å². The largest absolute Gasteiger partial charge is 0.374 e. The number of anilines is 1. The van der Waals surface area contributed by atoms with E-state index in [0.717, 1.165) is 21.4 Å². The summed E-state index contributed by atoms with van der Waals surface area (Å²) in [6.45, 7) is 3.64. The third kappa shape index (κ3) is 3.33. The maximum Gasteiger partial charge on any atom is 0.240 e. The second-order valence-electron chi connectivity index (χ2n) is 4.65. The van der Waals surface area contributed by atoms with Crippen LogP contribution in [0.2, 0.25) is 0 Å². The summed E-state index contributed by atoms with van der Waals surface area (Å²) < 4.78 is 0.845. The van der Waals surface area contributed by atoms with Gasteiger partial charge in [0.2, 0.25) is 5.91 Å². The highest BCUT2D eigenvalue weighted by Crippen LogP contribution is 2.26. The first-order valence-corrected chi connectivity index (χ1v) is 6.87. The van der Waals surface area contributed by atoms with Crippen molar-refractivity contribution in [2.75, 3.05) is 5.32 Å². The van der Waals surface area contributed by atoms with Gasteiger partial charge in [0.15, 0.2) is 0 Å². The quantitative estimate of drug-likeness (QED) is 0.745. The Morgan fingerprint density at radius 3 is 2.89 bits per heavy atom. The molecule has 3 N–H and O–H groups in total. The first-order chi connectivity index (χ1) is 8.97. The Labute approximate surface area is 120 Å². The summed E-state index contributed by atoms with van der Waals surface area (Å²) in [4.78, 5) is 11.2. The molecule has 0 bridgehead atoms. The third-order valence-corrected chi connectivity index (χ3v) is 3.54. The van der Waals surface area contributed by atoms with Crippen molar-refractivity contribution in [1.29, 1.82) is 0 Å². The maximum atomic E-state index is 11.2. The Balaban J connectivity index is 2.27. The zero-order valence-corrected chi connectivity index (χ0v) is 12.4. The smallest absolute Gasteiger partial charge is 0.240 e. The fraction of sp³-hybridized carbons (Fsp3) is 0.385. The molecule has 0 saturated carbocycles. The zero-order valence-electron chi connectivity index (χ0n) is 10.8. The Morgan fingerprint density at radius 1 is 1.58 bits per heavy atom. The van der Waals surface area contributed by atoms with Crippen LogP contribution in [0.15, 0.2) is 27.8 Å². The number of hydrogen-bond acceptors (Lipinski definition) is 4. The van der Waals surface area contributed by atoms with Crippen LogP contribution in [0.1, 0.15) is 25.8 Å². The molecule has 0 radical (unpaired) electrons. The van der Waals surface area contributed by atoms with Crippen LogP contribution in [-0.4, -0.2) is 23.0 Å². The van der Waals surface area contributed by atoms with Crippen LogP contribution in [0.3, 0.4) is 0 Å². The number of amides is 1. The normalized spacial score (nSPS) is 20.5. The lowest BCUT2D eigenvalue weighted by atomic mass is 9.94. The molecule has 0 spiro atoms. The SMILES string of the molecule is CC(O)Nc1ccc(C2=NNC(=O)C[C@H]2C)cc1Br. The molecule has 1 aromatic rings. The molecule has 2 rings (SSSR count). The van der Waals surface area contributed by atoms with Gasteiger partial charge in [-0.2, -0.15) is 5.10 Å². The Hall–Kier alpha value is -1.40. The van der Waals surface area contributed by atoms with Crippen LogP contribution in [0.4, 0.5) is 5.69 Å². The van der Waals surface area contributed by atoms with Crippen molar-refractivity contribution < 1.29 is 9.90 Å². The van der Waals surface area contributed by atoms with Crippen molar-refractivity contribution in [2.24, 2.45) is 11.0 Å². The van der Waals surface area contributed by atoms with Gasteiger partial charge in [-0.15, -0.1) is 0 Å². The first kappa shape index (κ1) is 14.0. The number of hydrazone groups is 1. The van der Waals surface area contributed by atoms with E-state index in [0.29, 0.717) is 6.42 Å². The topological polar surface area (TPSA) is 73.7 Å². The number of carbonyl (C=O) groups excluding carboxylic acids is 1. The van der Waals surface area contributed by atoms with E-state index in [1.807, 2.05) is 25.1 Å². The van der Waals surface area contributed by atoms with E-state index >= 15 is 0 Å². The molecule has 2 atom stereocenters. The van der Waals surface area contributed by atoms with Crippen LogP contribution in [0.5, 0.6) is 0 Å². The van der Waals surface area contributed by atoms with Gasteiger partial charge in [-0.3, -0.25) is 4.79 Å². The van der Waals surface area contributed by atoms with Crippen LogP contribution >= 0.6 is 15.9 Å². The highest BCUT2D eigenvalue weighted by Gasteiger charge is 2.22. The lowest BCUT2D eigenvalue weighted by Crippen LogP contribution is -2.32. The molecule has 19 heavy (non-hydrogen) atoms. The van der Waals surface area contributed by atoms with E-state index in [9.17, 15) is 9.90 Å². The van der Waals surface area contributed by atoms with Gasteiger partial charge in [0.05, 0.1) is 11.4 Å². The predicted octanol–water partition coefficient (Wildman–Crippen LogP) is 2.06. The summed E-state index contributed by atoms with van der Waals surface area (Å²) in [5.41, 5.74) is 5.14. The number of rotatable bonds is 3. The third-order valence-electron chi connectivity index (χ3n) is 2.89. The number of aliphatic hydroxyl groups excluding tert-OH is 1. The first-order valence-electron chi connectivity index (χ1n) is 6.08. The number of nitrogens with one attached hydrogen (secondary N) is 2. The average molecular weight is 326 g/mol. The summed E-state index contributed by atoms with van der Waals surface area (Å²) >= 11 is 3.46. The van der Waals surface area contributed by atoms with Gasteiger partial charge in [0, 0.05) is 16.8 Å². The molecule has 1 aliphatic rings. The Morgan fingerprint density at radius 2 is 2.32 bits per heavy atom. The fourth-order valence-electron chi connectivity index (χ4n) is 2.02. The lowest BCUT2D eigenvalue weighted by molar-refractivity contribution is -0.121. The molecule has 6 heteroatoms. The van der Waals surface area contributed by atoms with Gasteiger partial charge in [0.25, 0.3) is 0 Å². The molecule has 5 nitrogen and oxygen atoms in total. The number of aliphatic hydroxyl groups is 1. The number of hydrogen-bond donors (Lipinski definition) is 3. The van der Waals surface area contributed by atoms with Crippen molar-refractivity contribution in [1.82, 2.24) is 5.43 Å². The number of halogens is 1. The van der Waals surface area contributed by atoms with E-state index in [2.05, 4.69) is 31.8 Å².